The lowest BCUT2D eigenvalue weighted by Gasteiger charge is -2.26. The Morgan fingerprint density at radius 3 is 2.80 bits per heavy atom. The number of nitrogens with zero attached hydrogens (tertiary/aromatic N) is 4. The summed E-state index contributed by atoms with van der Waals surface area (Å²) in [5.74, 6) is -0.0642. The van der Waals surface area contributed by atoms with Gasteiger partial charge in [0.2, 0.25) is 23.5 Å². The smallest absolute Gasteiger partial charge is 0.324 e. The number of likely N-dealkylation sites (N-methyl/N-ethyl adjacent to an activating group) is 1. The second-order valence-corrected chi connectivity index (χ2v) is 5.59. The highest BCUT2D eigenvalue weighted by molar-refractivity contribution is 6.00. The summed E-state index contributed by atoms with van der Waals surface area (Å²) in [7, 11) is 1.54. The van der Waals surface area contributed by atoms with Crippen LogP contribution in [0.2, 0.25) is 0 Å². The maximum atomic E-state index is 12.2. The molecule has 25 heavy (non-hydrogen) atoms. The first kappa shape index (κ1) is 16.6. The highest BCUT2D eigenvalue weighted by Gasteiger charge is 2.28. The predicted molar refractivity (Wildman–Crippen MR) is 85.9 cm³/mol. The summed E-state index contributed by atoms with van der Waals surface area (Å²) >= 11 is 0. The molecule has 1 aliphatic rings. The third kappa shape index (κ3) is 3.82. The summed E-state index contributed by atoms with van der Waals surface area (Å²) < 4.78 is 5.16. The molecular formula is C16H17N5O4. The van der Waals surface area contributed by atoms with Crippen LogP contribution in [0.5, 0.6) is 0 Å². The lowest BCUT2D eigenvalue weighted by molar-refractivity contribution is -0.138. The van der Waals surface area contributed by atoms with Crippen molar-refractivity contribution in [2.75, 3.05) is 20.1 Å². The zero-order valence-electron chi connectivity index (χ0n) is 13.6. The number of nitrogens with one attached hydrogen (secondary N) is 1. The summed E-state index contributed by atoms with van der Waals surface area (Å²) in [5.41, 5.74) is 0.807. The topological polar surface area (TPSA) is 109 Å². The van der Waals surface area contributed by atoms with Gasteiger partial charge in [0.15, 0.2) is 0 Å². The van der Waals surface area contributed by atoms with Gasteiger partial charge in [0, 0.05) is 25.6 Å². The van der Waals surface area contributed by atoms with E-state index in [9.17, 15) is 14.4 Å². The number of hydrogen-bond donors (Lipinski definition) is 1. The maximum Gasteiger partial charge on any atom is 0.324 e. The minimum absolute atomic E-state index is 0.0856. The number of imide groups is 1. The van der Waals surface area contributed by atoms with Gasteiger partial charge in [-0.1, -0.05) is 35.5 Å². The average Bonchev–Trinajstić information content (AvgIpc) is 3.07. The van der Waals surface area contributed by atoms with Gasteiger partial charge >= 0.3 is 6.03 Å². The van der Waals surface area contributed by atoms with Crippen LogP contribution >= 0.6 is 0 Å². The Hall–Kier alpha value is -3.23. The second-order valence-electron chi connectivity index (χ2n) is 5.59. The molecule has 0 bridgehead atoms. The molecule has 4 amide bonds. The quantitative estimate of drug-likeness (QED) is 0.853. The number of carbonyl (C=O) groups is 3. The third-order valence-electron chi connectivity index (χ3n) is 3.75. The Kier molecular flexibility index (Phi) is 4.73. The van der Waals surface area contributed by atoms with Crippen LogP contribution in [0.3, 0.4) is 0 Å². The number of hydrogen-bond acceptors (Lipinski definition) is 6. The third-order valence-corrected chi connectivity index (χ3v) is 3.75. The Bertz CT molecular complexity index is 773. The molecule has 2 heterocycles. The van der Waals surface area contributed by atoms with Crippen molar-refractivity contribution >= 4 is 17.8 Å². The molecule has 0 unspecified atom stereocenters. The predicted octanol–water partition coefficient (Wildman–Crippen LogP) is 0.637. The van der Waals surface area contributed by atoms with E-state index >= 15 is 0 Å². The normalized spacial score (nSPS) is 14.4. The van der Waals surface area contributed by atoms with Gasteiger partial charge in [-0.2, -0.15) is 4.98 Å². The highest BCUT2D eigenvalue weighted by Crippen LogP contribution is 2.15. The number of rotatable bonds is 5. The molecule has 0 spiro atoms. The monoisotopic (exact) mass is 343 g/mol. The molecule has 1 aromatic heterocycles. The first-order valence-corrected chi connectivity index (χ1v) is 7.75. The number of urea groups is 1. The van der Waals surface area contributed by atoms with Crippen LogP contribution in [-0.2, 0) is 16.1 Å². The lowest BCUT2D eigenvalue weighted by Crippen LogP contribution is -2.53. The van der Waals surface area contributed by atoms with E-state index in [-0.39, 0.29) is 31.3 Å². The van der Waals surface area contributed by atoms with Crippen LogP contribution in [0.1, 0.15) is 12.3 Å². The van der Waals surface area contributed by atoms with Crippen molar-refractivity contribution in [3.05, 3.63) is 36.2 Å². The molecule has 0 aliphatic carbocycles. The number of amides is 4. The van der Waals surface area contributed by atoms with E-state index in [1.165, 1.54) is 4.90 Å². The minimum atomic E-state index is -0.554. The SMILES string of the molecule is CN(Cc1nc(-c2ccccc2)no1)C(=O)CN1C(=O)CCNC1=O. The lowest BCUT2D eigenvalue weighted by atomic mass is 10.2. The van der Waals surface area contributed by atoms with Crippen LogP contribution < -0.4 is 5.32 Å². The largest absolute Gasteiger partial charge is 0.337 e. The zero-order valence-corrected chi connectivity index (χ0v) is 13.6. The van der Waals surface area contributed by atoms with Gasteiger partial charge in [-0.15, -0.1) is 0 Å². The molecule has 0 radical (unpaired) electrons. The average molecular weight is 343 g/mol. The van der Waals surface area contributed by atoms with Crippen molar-refractivity contribution in [1.82, 2.24) is 25.3 Å². The van der Waals surface area contributed by atoms with E-state index < -0.39 is 11.9 Å². The van der Waals surface area contributed by atoms with Crippen LogP contribution in [0.4, 0.5) is 4.79 Å². The van der Waals surface area contributed by atoms with Gasteiger partial charge in [-0.3, -0.25) is 14.5 Å². The minimum Gasteiger partial charge on any atom is -0.337 e. The Morgan fingerprint density at radius 2 is 2.08 bits per heavy atom. The van der Waals surface area contributed by atoms with Gasteiger partial charge in [0.1, 0.15) is 6.54 Å². The van der Waals surface area contributed by atoms with Crippen molar-refractivity contribution in [3.63, 3.8) is 0 Å². The molecule has 1 fully saturated rings. The molecule has 1 aromatic carbocycles. The molecule has 2 aromatic rings. The van der Waals surface area contributed by atoms with Gasteiger partial charge in [0.25, 0.3) is 0 Å². The summed E-state index contributed by atoms with van der Waals surface area (Å²) in [5, 5.41) is 6.42. The van der Waals surface area contributed by atoms with Crippen LogP contribution in [-0.4, -0.2) is 57.9 Å². The van der Waals surface area contributed by atoms with E-state index in [2.05, 4.69) is 15.5 Å². The van der Waals surface area contributed by atoms with E-state index in [1.54, 1.807) is 7.05 Å². The van der Waals surface area contributed by atoms with Crippen molar-refractivity contribution in [1.29, 1.82) is 0 Å². The van der Waals surface area contributed by atoms with Crippen molar-refractivity contribution in [2.24, 2.45) is 0 Å². The highest BCUT2D eigenvalue weighted by atomic mass is 16.5. The molecule has 130 valence electrons. The molecule has 0 atom stereocenters. The molecular weight excluding hydrogens is 326 g/mol. The number of carbonyl (C=O) groups excluding carboxylic acids is 3. The van der Waals surface area contributed by atoms with E-state index in [1.807, 2.05) is 30.3 Å². The first-order valence-electron chi connectivity index (χ1n) is 7.75. The van der Waals surface area contributed by atoms with Crippen LogP contribution in [0.15, 0.2) is 34.9 Å². The van der Waals surface area contributed by atoms with E-state index in [4.69, 9.17) is 4.52 Å². The first-order chi connectivity index (χ1) is 12.0. The fraction of sp³-hybridized carbons (Fsp3) is 0.312. The molecule has 9 heteroatoms. The Morgan fingerprint density at radius 1 is 1.32 bits per heavy atom. The number of benzene rings is 1. The molecule has 0 saturated carbocycles. The fourth-order valence-corrected chi connectivity index (χ4v) is 2.35. The molecule has 3 rings (SSSR count). The van der Waals surface area contributed by atoms with Gasteiger partial charge in [-0.25, -0.2) is 4.79 Å². The van der Waals surface area contributed by atoms with Crippen molar-refractivity contribution in [2.45, 2.75) is 13.0 Å². The molecule has 1 saturated heterocycles. The Labute approximate surface area is 143 Å². The standard InChI is InChI=1S/C16H17N5O4/c1-20(14(23)10-21-13(22)7-8-17-16(21)24)9-12-18-15(19-25-12)11-5-3-2-4-6-11/h2-6H,7-10H2,1H3,(H,17,24). The number of aromatic nitrogens is 2. The van der Waals surface area contributed by atoms with Crippen molar-refractivity contribution < 1.29 is 18.9 Å². The molecule has 1 N–H and O–H groups in total. The summed E-state index contributed by atoms with van der Waals surface area (Å²) in [6, 6.07) is 8.76. The maximum absolute atomic E-state index is 12.2. The zero-order chi connectivity index (χ0) is 17.8. The van der Waals surface area contributed by atoms with Crippen molar-refractivity contribution in [3.8, 4) is 11.4 Å². The van der Waals surface area contributed by atoms with Gasteiger partial charge < -0.3 is 14.7 Å². The van der Waals surface area contributed by atoms with Gasteiger partial charge in [0.05, 0.1) is 6.54 Å². The summed E-state index contributed by atoms with van der Waals surface area (Å²) in [4.78, 5) is 42.1. The molecule has 1 aliphatic heterocycles. The van der Waals surface area contributed by atoms with Gasteiger partial charge in [-0.05, 0) is 0 Å². The summed E-state index contributed by atoms with van der Waals surface area (Å²) in [6.07, 6.45) is 0.187. The molecule has 9 nitrogen and oxygen atoms in total. The fourth-order valence-electron chi connectivity index (χ4n) is 2.35. The second kappa shape index (κ2) is 7.12. The van der Waals surface area contributed by atoms with E-state index in [0.29, 0.717) is 12.4 Å². The summed E-state index contributed by atoms with van der Waals surface area (Å²) in [6.45, 7) is 0.0611. The van der Waals surface area contributed by atoms with E-state index in [0.717, 1.165) is 10.5 Å². The Balaban J connectivity index is 1.61. The van der Waals surface area contributed by atoms with Crippen LogP contribution in [0.25, 0.3) is 11.4 Å². The van der Waals surface area contributed by atoms with Crippen LogP contribution in [0, 0.1) is 0 Å².